The summed E-state index contributed by atoms with van der Waals surface area (Å²) in [6, 6.07) is 71.7. The van der Waals surface area contributed by atoms with E-state index >= 15 is 0 Å². The van der Waals surface area contributed by atoms with Crippen molar-refractivity contribution < 1.29 is 4.74 Å². The van der Waals surface area contributed by atoms with Crippen molar-refractivity contribution in [2.24, 2.45) is 0 Å². The van der Waals surface area contributed by atoms with Crippen molar-refractivity contribution in [1.82, 2.24) is 9.55 Å². The molecule has 1 aliphatic heterocycles. The molecule has 0 radical (unpaired) electrons. The summed E-state index contributed by atoms with van der Waals surface area (Å²) in [5.74, 6) is 2.43. The largest absolute Gasteiger partial charge is 0.457 e. The van der Waals surface area contributed by atoms with Crippen molar-refractivity contribution >= 4 is 44.6 Å². The van der Waals surface area contributed by atoms with E-state index in [2.05, 4.69) is 256 Å². The van der Waals surface area contributed by atoms with Gasteiger partial charge in [0, 0.05) is 51.5 Å². The van der Waals surface area contributed by atoms with E-state index < -0.39 is 0 Å². The highest BCUT2D eigenvalue weighted by Crippen LogP contribution is 2.51. The number of hydrogen-bond donors (Lipinski definition) is 0. The van der Waals surface area contributed by atoms with Gasteiger partial charge in [-0.15, -0.1) is 0 Å². The van der Waals surface area contributed by atoms with Gasteiger partial charge in [-0.2, -0.15) is 0 Å². The molecule has 0 bridgehead atoms. The van der Waals surface area contributed by atoms with Crippen molar-refractivity contribution in [3.63, 3.8) is 0 Å². The van der Waals surface area contributed by atoms with E-state index in [1.54, 1.807) is 0 Å². The van der Waals surface area contributed by atoms with Gasteiger partial charge in [-0.3, -0.25) is 4.57 Å². The molecule has 0 saturated carbocycles. The molecule has 8 aromatic carbocycles. The summed E-state index contributed by atoms with van der Waals surface area (Å²) < 4.78 is 9.34. The van der Waals surface area contributed by atoms with Crippen LogP contribution in [0.1, 0.15) is 52.7 Å². The lowest BCUT2D eigenvalue weighted by atomic mass is 9.82. The Morgan fingerprint density at radius 3 is 1.64 bits per heavy atom. The van der Waals surface area contributed by atoms with Gasteiger partial charge in [0.2, 0.25) is 0 Å². The van der Waals surface area contributed by atoms with Crippen LogP contribution in [-0.4, -0.2) is 16.2 Å². The van der Waals surface area contributed by atoms with Gasteiger partial charge in [-0.05, 0) is 87.2 Å². The van der Waals surface area contributed by atoms with Gasteiger partial charge in [-0.1, -0.05) is 181 Å². The molecule has 3 heterocycles. The molecule has 5 nitrogen and oxygen atoms in total. The zero-order valence-electron chi connectivity index (χ0n) is 39.0. The first-order valence-electron chi connectivity index (χ1n) is 23.3. The van der Waals surface area contributed by atoms with Gasteiger partial charge < -0.3 is 14.5 Å². The maximum Gasteiger partial charge on any atom is 0.137 e. The average molecular weight is 871 g/mol. The Morgan fingerprint density at radius 2 is 1.01 bits per heavy atom. The molecular formula is C62H54N4O. The summed E-state index contributed by atoms with van der Waals surface area (Å²) in [6.45, 7) is 14.3. The molecule has 67 heavy (non-hydrogen) atoms. The quantitative estimate of drug-likeness (QED) is 0.152. The third-order valence-corrected chi connectivity index (χ3v) is 13.2. The van der Waals surface area contributed by atoms with Gasteiger partial charge in [0.05, 0.1) is 28.1 Å². The number of hydrogen-bond acceptors (Lipinski definition) is 4. The van der Waals surface area contributed by atoms with Gasteiger partial charge >= 0.3 is 0 Å². The standard InChI is InChI=1S/C62H54N4O/c1-61(2,3)45-35-46(64-41-65(57-32-19-18-31-56(57)64)60-49(42-21-10-7-11-22-42)28-20-29-50(60)43-23-12-8-13-24-43)37-48(36-45)67-47-33-34-52-51-27-16-17-30-55(51)66(58(52)38-47)59-39-54(62(4,5)6)53(40-63-59)44-25-14-9-15-26-44/h7-40H,41H2,1-6H3. The number of fused-ring (bicyclic) bond motifs is 4. The molecule has 1 aliphatic rings. The molecule has 0 amide bonds. The summed E-state index contributed by atoms with van der Waals surface area (Å²) in [4.78, 5) is 10.1. The van der Waals surface area contributed by atoms with E-state index in [1.165, 1.54) is 50.0 Å². The number of anilines is 4. The highest BCUT2D eigenvalue weighted by atomic mass is 16.5. The number of pyridine rings is 1. The van der Waals surface area contributed by atoms with Crippen LogP contribution in [-0.2, 0) is 10.8 Å². The molecule has 0 N–H and O–H groups in total. The van der Waals surface area contributed by atoms with Crippen molar-refractivity contribution in [2.45, 2.75) is 52.4 Å². The van der Waals surface area contributed by atoms with Crippen molar-refractivity contribution in [3.05, 3.63) is 218 Å². The van der Waals surface area contributed by atoms with Crippen molar-refractivity contribution in [1.29, 1.82) is 0 Å². The second-order valence-corrected chi connectivity index (χ2v) is 19.7. The zero-order valence-corrected chi connectivity index (χ0v) is 39.0. The van der Waals surface area contributed by atoms with Crippen LogP contribution in [0.15, 0.2) is 206 Å². The molecule has 10 aromatic rings. The van der Waals surface area contributed by atoms with Gasteiger partial charge in [0.1, 0.15) is 24.0 Å². The number of rotatable bonds is 8. The predicted molar refractivity (Wildman–Crippen MR) is 281 cm³/mol. The highest BCUT2D eigenvalue weighted by molar-refractivity contribution is 6.09. The van der Waals surface area contributed by atoms with Crippen LogP contribution in [0.25, 0.3) is 61.0 Å². The van der Waals surface area contributed by atoms with E-state index in [1.807, 2.05) is 6.20 Å². The molecule has 0 unspecified atom stereocenters. The summed E-state index contributed by atoms with van der Waals surface area (Å²) in [5, 5.41) is 2.33. The van der Waals surface area contributed by atoms with Crippen LogP contribution in [0, 0.1) is 0 Å². The van der Waals surface area contributed by atoms with Crippen molar-refractivity contribution in [3.8, 4) is 50.7 Å². The summed E-state index contributed by atoms with van der Waals surface area (Å²) >= 11 is 0. The number of para-hydroxylation sites is 4. The van der Waals surface area contributed by atoms with Crippen LogP contribution in [0.3, 0.4) is 0 Å². The van der Waals surface area contributed by atoms with Crippen molar-refractivity contribution in [2.75, 3.05) is 16.5 Å². The topological polar surface area (TPSA) is 33.5 Å². The normalized spacial score (nSPS) is 12.8. The Kier molecular flexibility index (Phi) is 10.3. The zero-order chi connectivity index (χ0) is 45.9. The Labute approximate surface area is 394 Å². The molecule has 0 aliphatic carbocycles. The Balaban J connectivity index is 1.02. The third-order valence-electron chi connectivity index (χ3n) is 13.2. The van der Waals surface area contributed by atoms with Crippen LogP contribution in [0.5, 0.6) is 11.5 Å². The maximum absolute atomic E-state index is 7.04. The molecule has 0 spiro atoms. The average Bonchev–Trinajstić information content (AvgIpc) is 3.90. The minimum absolute atomic E-state index is 0.117. The highest BCUT2D eigenvalue weighted by Gasteiger charge is 2.32. The molecule has 5 heteroatoms. The maximum atomic E-state index is 7.04. The molecule has 11 rings (SSSR count). The van der Waals surface area contributed by atoms with Gasteiger partial charge in [0.15, 0.2) is 0 Å². The summed E-state index contributed by atoms with van der Waals surface area (Å²) in [7, 11) is 0. The Morgan fingerprint density at radius 1 is 0.448 bits per heavy atom. The lowest BCUT2D eigenvalue weighted by Crippen LogP contribution is -2.25. The minimum atomic E-state index is -0.147. The molecule has 2 aromatic heterocycles. The first kappa shape index (κ1) is 41.8. The fourth-order valence-electron chi connectivity index (χ4n) is 9.82. The monoisotopic (exact) mass is 870 g/mol. The lowest BCUT2D eigenvalue weighted by Gasteiger charge is -2.28. The molecule has 328 valence electrons. The van der Waals surface area contributed by atoms with Crippen LogP contribution < -0.4 is 14.5 Å². The summed E-state index contributed by atoms with van der Waals surface area (Å²) in [5.41, 5.74) is 15.9. The van der Waals surface area contributed by atoms with E-state index in [9.17, 15) is 0 Å². The van der Waals surface area contributed by atoms with E-state index in [0.29, 0.717) is 6.67 Å². The second-order valence-electron chi connectivity index (χ2n) is 19.7. The number of benzene rings is 8. The first-order chi connectivity index (χ1) is 32.5. The van der Waals surface area contributed by atoms with E-state index in [4.69, 9.17) is 9.72 Å². The lowest BCUT2D eigenvalue weighted by molar-refractivity contribution is 0.479. The van der Waals surface area contributed by atoms with Crippen LogP contribution in [0.4, 0.5) is 22.7 Å². The van der Waals surface area contributed by atoms with E-state index in [0.717, 1.165) is 56.4 Å². The minimum Gasteiger partial charge on any atom is -0.457 e. The smallest absolute Gasteiger partial charge is 0.137 e. The fourth-order valence-corrected chi connectivity index (χ4v) is 9.82. The number of ether oxygens (including phenoxy) is 1. The molecular weight excluding hydrogens is 817 g/mol. The molecule has 0 fully saturated rings. The SMILES string of the molecule is CC(C)(C)c1cc(Oc2ccc3c4ccccc4n(-c4cc(C(C)(C)C)c(-c5ccccc5)cn4)c3c2)cc(N2CN(c3c(-c4ccccc4)cccc3-c3ccccc3)c3ccccc32)c1. The molecule has 0 saturated heterocycles. The second kappa shape index (κ2) is 16.5. The third kappa shape index (κ3) is 7.70. The fraction of sp³-hybridized carbons (Fsp3) is 0.145. The molecule has 0 atom stereocenters. The van der Waals surface area contributed by atoms with E-state index in [-0.39, 0.29) is 10.8 Å². The first-order valence-corrected chi connectivity index (χ1v) is 23.3. The van der Waals surface area contributed by atoms with Gasteiger partial charge in [0.25, 0.3) is 0 Å². The van der Waals surface area contributed by atoms with Crippen LogP contribution >= 0.6 is 0 Å². The van der Waals surface area contributed by atoms with Crippen LogP contribution in [0.2, 0.25) is 0 Å². The Hall–Kier alpha value is -7.89. The number of nitrogens with zero attached hydrogens (tertiary/aromatic N) is 4. The number of aromatic nitrogens is 2. The predicted octanol–water partition coefficient (Wildman–Crippen LogP) is 16.8. The van der Waals surface area contributed by atoms with Gasteiger partial charge in [-0.25, -0.2) is 4.98 Å². The Bertz CT molecular complexity index is 3380. The summed E-state index contributed by atoms with van der Waals surface area (Å²) in [6.07, 6.45) is 2.05.